The third kappa shape index (κ3) is 6.55. The largest absolute Gasteiger partial charge is 0.505 e. The van der Waals surface area contributed by atoms with Crippen molar-refractivity contribution in [2.24, 2.45) is 10.2 Å². The van der Waals surface area contributed by atoms with E-state index in [0.717, 1.165) is 29.8 Å². The predicted molar refractivity (Wildman–Crippen MR) is 163 cm³/mol. The Morgan fingerprint density at radius 2 is 1.69 bits per heavy atom. The number of azo groups is 1. The van der Waals surface area contributed by atoms with Crippen LogP contribution in [0.15, 0.2) is 51.4 Å². The fourth-order valence-corrected chi connectivity index (χ4v) is 5.55. The highest BCUT2D eigenvalue weighted by Crippen LogP contribution is 2.40. The molecule has 0 bridgehead atoms. The zero-order valence-electron chi connectivity index (χ0n) is 25.1. The van der Waals surface area contributed by atoms with Gasteiger partial charge in [-0.2, -0.15) is 0 Å². The highest BCUT2D eigenvalue weighted by molar-refractivity contribution is 5.69. The first-order chi connectivity index (χ1) is 20.0. The molecule has 10 nitrogen and oxygen atoms in total. The average Bonchev–Trinajstić information content (AvgIpc) is 2.96. The molecular weight excluding hydrogens is 534 g/mol. The molecule has 10 heteroatoms. The Labute approximate surface area is 246 Å². The molecule has 0 atom stereocenters. The van der Waals surface area contributed by atoms with E-state index in [1.54, 1.807) is 25.1 Å². The van der Waals surface area contributed by atoms with Crippen LogP contribution in [0.25, 0.3) is 5.69 Å². The number of hydrogen-bond acceptors (Lipinski definition) is 8. The molecule has 0 saturated carbocycles. The lowest BCUT2D eigenvalue weighted by Crippen LogP contribution is -2.36. The maximum Gasteiger partial charge on any atom is 0.317 e. The van der Waals surface area contributed by atoms with E-state index in [1.165, 1.54) is 4.57 Å². The van der Waals surface area contributed by atoms with Gasteiger partial charge in [-0.15, -0.1) is 10.2 Å². The van der Waals surface area contributed by atoms with Crippen molar-refractivity contribution in [3.8, 4) is 17.3 Å². The van der Waals surface area contributed by atoms with E-state index < -0.39 is 11.5 Å². The van der Waals surface area contributed by atoms with Crippen molar-refractivity contribution in [1.29, 1.82) is 0 Å². The van der Waals surface area contributed by atoms with E-state index in [2.05, 4.69) is 15.1 Å². The quantitative estimate of drug-likeness (QED) is 0.265. The maximum atomic E-state index is 13.8. The van der Waals surface area contributed by atoms with Crippen molar-refractivity contribution in [2.45, 2.75) is 59.9 Å². The minimum atomic E-state index is -0.847. The summed E-state index contributed by atoms with van der Waals surface area (Å²) in [5, 5.41) is 40.3. The highest BCUT2D eigenvalue weighted by Gasteiger charge is 2.25. The summed E-state index contributed by atoms with van der Waals surface area (Å²) in [6.45, 7) is 13.0. The molecule has 2 aromatic carbocycles. The van der Waals surface area contributed by atoms with Crippen LogP contribution in [0.5, 0.6) is 11.6 Å². The van der Waals surface area contributed by atoms with Crippen molar-refractivity contribution in [2.75, 3.05) is 32.7 Å². The number of phenolic OH excluding ortho intramolecular Hbond substituents is 1. The van der Waals surface area contributed by atoms with Gasteiger partial charge in [-0.25, -0.2) is 4.57 Å². The first-order valence-corrected chi connectivity index (χ1v) is 14.5. The van der Waals surface area contributed by atoms with Crippen LogP contribution in [0, 0.1) is 20.8 Å². The van der Waals surface area contributed by atoms with Gasteiger partial charge in [-0.3, -0.25) is 19.4 Å². The number of rotatable bonds is 10. The summed E-state index contributed by atoms with van der Waals surface area (Å²) < 4.78 is 1.29. The molecule has 0 amide bonds. The summed E-state index contributed by atoms with van der Waals surface area (Å²) in [6, 6.07) is 10.9. The fraction of sp³-hybridized carbons (Fsp3) is 0.438. The number of carboxylic acid groups (broad SMARTS) is 1. The molecule has 1 saturated heterocycles. The standard InChI is InChI=1S/C32H41N5O5/c1-6-35(7-2)18-26-22(5)29(32(42)37(31(26)41)24-12-11-20(3)21(4)17-24)34-33-27-10-8-9-25(30(27)40)23-13-15-36(16-14-23)19-28(38)39/h8-12,17,23,40-41H,6-7,13-16,18-19H2,1-5H3,(H,38,39). The molecule has 0 spiro atoms. The molecule has 3 N–H and O–H groups in total. The smallest absolute Gasteiger partial charge is 0.317 e. The van der Waals surface area contributed by atoms with E-state index >= 15 is 0 Å². The zero-order chi connectivity index (χ0) is 30.6. The van der Waals surface area contributed by atoms with Gasteiger partial charge in [0.15, 0.2) is 5.69 Å². The van der Waals surface area contributed by atoms with Gasteiger partial charge in [-0.1, -0.05) is 32.0 Å². The van der Waals surface area contributed by atoms with Gasteiger partial charge in [-0.05, 0) is 106 Å². The van der Waals surface area contributed by atoms with Crippen molar-refractivity contribution in [3.05, 3.63) is 74.6 Å². The number of hydrogen-bond donors (Lipinski definition) is 3. The summed E-state index contributed by atoms with van der Waals surface area (Å²) in [7, 11) is 0. The molecular formula is C32H41N5O5. The normalized spacial score (nSPS) is 14.7. The Kier molecular flexibility index (Phi) is 9.80. The SMILES string of the molecule is CCN(CC)Cc1c(C)c(N=Nc2cccc(C3CCN(CC(=O)O)CC3)c2O)c(=O)n(-c2ccc(C)c(C)c2)c1O. The van der Waals surface area contributed by atoms with Crippen LogP contribution < -0.4 is 5.56 Å². The monoisotopic (exact) mass is 575 g/mol. The Hall–Kier alpha value is -4.02. The number of nitrogens with zero attached hydrogens (tertiary/aromatic N) is 5. The van der Waals surface area contributed by atoms with E-state index in [9.17, 15) is 19.8 Å². The lowest BCUT2D eigenvalue weighted by atomic mass is 9.88. The van der Waals surface area contributed by atoms with Gasteiger partial charge in [0, 0.05) is 12.1 Å². The van der Waals surface area contributed by atoms with Gasteiger partial charge in [0.05, 0.1) is 12.2 Å². The fourth-order valence-electron chi connectivity index (χ4n) is 5.55. The number of phenols is 1. The highest BCUT2D eigenvalue weighted by atomic mass is 16.4. The number of piperidine rings is 1. The lowest BCUT2D eigenvalue weighted by molar-refractivity contribution is -0.138. The third-order valence-corrected chi connectivity index (χ3v) is 8.41. The lowest BCUT2D eigenvalue weighted by Gasteiger charge is -2.31. The average molecular weight is 576 g/mol. The van der Waals surface area contributed by atoms with Crippen LogP contribution in [0.4, 0.5) is 11.4 Å². The second kappa shape index (κ2) is 13.3. The number of aromatic hydroxyl groups is 2. The zero-order valence-corrected chi connectivity index (χ0v) is 25.1. The molecule has 4 rings (SSSR count). The molecule has 1 aromatic heterocycles. The first kappa shape index (κ1) is 30.9. The topological polar surface area (TPSA) is 131 Å². The second-order valence-corrected chi connectivity index (χ2v) is 11.0. The molecule has 1 aliphatic heterocycles. The van der Waals surface area contributed by atoms with Gasteiger partial charge in [0.2, 0.25) is 5.88 Å². The Bertz CT molecular complexity index is 1540. The summed E-state index contributed by atoms with van der Waals surface area (Å²) in [6.07, 6.45) is 1.43. The van der Waals surface area contributed by atoms with Crippen LogP contribution >= 0.6 is 0 Å². The van der Waals surface area contributed by atoms with Crippen LogP contribution in [0.1, 0.15) is 60.4 Å². The van der Waals surface area contributed by atoms with Crippen LogP contribution in [-0.2, 0) is 11.3 Å². The van der Waals surface area contributed by atoms with Crippen molar-refractivity contribution in [3.63, 3.8) is 0 Å². The number of aryl methyl sites for hydroxylation is 2. The molecule has 1 fully saturated rings. The van der Waals surface area contributed by atoms with E-state index in [-0.39, 0.29) is 35.5 Å². The summed E-state index contributed by atoms with van der Waals surface area (Å²) >= 11 is 0. The molecule has 3 aromatic rings. The number of para-hydroxylation sites is 1. The number of aromatic nitrogens is 1. The number of carboxylic acids is 1. The van der Waals surface area contributed by atoms with Crippen LogP contribution in [-0.4, -0.2) is 68.4 Å². The molecule has 0 aliphatic carbocycles. The first-order valence-electron chi connectivity index (χ1n) is 14.5. The molecule has 42 heavy (non-hydrogen) atoms. The second-order valence-electron chi connectivity index (χ2n) is 11.0. The van der Waals surface area contributed by atoms with Crippen LogP contribution in [0.3, 0.4) is 0 Å². The molecule has 2 heterocycles. The van der Waals surface area contributed by atoms with Gasteiger partial charge in [0.25, 0.3) is 5.56 Å². The van der Waals surface area contributed by atoms with E-state index in [4.69, 9.17) is 5.11 Å². The third-order valence-electron chi connectivity index (χ3n) is 8.41. The predicted octanol–water partition coefficient (Wildman–Crippen LogP) is 5.70. The van der Waals surface area contributed by atoms with Gasteiger partial charge >= 0.3 is 5.97 Å². The van der Waals surface area contributed by atoms with Gasteiger partial charge in [0.1, 0.15) is 11.4 Å². The molecule has 224 valence electrons. The summed E-state index contributed by atoms with van der Waals surface area (Å²) in [5.74, 6) is -0.902. The maximum absolute atomic E-state index is 13.8. The minimum Gasteiger partial charge on any atom is -0.505 e. The Morgan fingerprint density at radius 3 is 2.31 bits per heavy atom. The number of likely N-dealkylation sites (tertiary alicyclic amines) is 1. The number of benzene rings is 2. The molecule has 0 unspecified atom stereocenters. The summed E-state index contributed by atoms with van der Waals surface area (Å²) in [5.41, 5.74) is 4.31. The van der Waals surface area contributed by atoms with Crippen molar-refractivity contribution < 1.29 is 20.1 Å². The molecule has 0 radical (unpaired) electrons. The Balaban J connectivity index is 1.75. The van der Waals surface area contributed by atoms with Crippen molar-refractivity contribution >= 4 is 17.3 Å². The van der Waals surface area contributed by atoms with E-state index in [0.29, 0.717) is 49.3 Å². The molecule has 1 aliphatic rings. The Morgan fingerprint density at radius 1 is 1.00 bits per heavy atom. The van der Waals surface area contributed by atoms with Crippen LogP contribution in [0.2, 0.25) is 0 Å². The number of pyridine rings is 1. The van der Waals surface area contributed by atoms with E-state index in [1.807, 2.05) is 50.8 Å². The summed E-state index contributed by atoms with van der Waals surface area (Å²) in [4.78, 5) is 28.9. The van der Waals surface area contributed by atoms with Gasteiger partial charge < -0.3 is 15.3 Å². The minimum absolute atomic E-state index is 0.00668. The van der Waals surface area contributed by atoms with Crippen molar-refractivity contribution in [1.82, 2.24) is 14.4 Å². The number of carbonyl (C=O) groups is 1. The number of aliphatic carboxylic acids is 1.